The summed E-state index contributed by atoms with van der Waals surface area (Å²) in [7, 11) is 0. The molecule has 174 valence electrons. The number of anilines is 2. The molecule has 9 heteroatoms. The van der Waals surface area contributed by atoms with Crippen LogP contribution in [0.1, 0.15) is 12.1 Å². The number of fused-ring (bicyclic) bond motifs is 1. The van der Waals surface area contributed by atoms with Gasteiger partial charge in [-0.3, -0.25) is 9.69 Å². The van der Waals surface area contributed by atoms with Crippen molar-refractivity contribution in [3.8, 4) is 5.75 Å². The number of β-amino-alcohol motifs (C(OH)–C–C–N with tert-alkyl or cyclic N) is 1. The number of nitrogens with zero attached hydrogens (tertiary/aromatic N) is 4. The molecule has 33 heavy (non-hydrogen) atoms. The van der Waals surface area contributed by atoms with Gasteiger partial charge in [-0.15, -0.1) is 0 Å². The first-order valence-corrected chi connectivity index (χ1v) is 11.4. The van der Waals surface area contributed by atoms with Gasteiger partial charge in [-0.2, -0.15) is 0 Å². The van der Waals surface area contributed by atoms with Crippen LogP contribution < -0.4 is 15.0 Å². The third-order valence-electron chi connectivity index (χ3n) is 5.63. The predicted octanol–water partition coefficient (Wildman–Crippen LogP) is 3.11. The van der Waals surface area contributed by atoms with Crippen molar-refractivity contribution >= 4 is 40.0 Å². The van der Waals surface area contributed by atoms with Crippen molar-refractivity contribution < 1.29 is 14.6 Å². The SMILES string of the molecule is Cc1nc(N2CCCN(CCO)CC2)nc2ccc(NC(=O)COc3ccc(Cl)cc3)cc12. The number of halogens is 1. The molecule has 0 atom stereocenters. The lowest BCUT2D eigenvalue weighted by Crippen LogP contribution is -2.33. The highest BCUT2D eigenvalue weighted by Crippen LogP contribution is 2.24. The monoisotopic (exact) mass is 469 g/mol. The van der Waals surface area contributed by atoms with Crippen LogP contribution in [-0.2, 0) is 4.79 Å². The maximum atomic E-state index is 12.3. The molecule has 0 unspecified atom stereocenters. The molecule has 0 spiro atoms. The number of carbonyl (C=O) groups excluding carboxylic acids is 1. The summed E-state index contributed by atoms with van der Waals surface area (Å²) in [5.74, 6) is 1.05. The second-order valence-corrected chi connectivity index (χ2v) is 8.47. The first-order chi connectivity index (χ1) is 16.0. The van der Waals surface area contributed by atoms with E-state index in [2.05, 4.69) is 15.1 Å². The van der Waals surface area contributed by atoms with Crippen molar-refractivity contribution in [2.24, 2.45) is 0 Å². The molecule has 0 bridgehead atoms. The Balaban J connectivity index is 1.42. The van der Waals surface area contributed by atoms with Crippen LogP contribution in [-0.4, -0.2) is 71.8 Å². The minimum atomic E-state index is -0.253. The lowest BCUT2D eigenvalue weighted by Gasteiger charge is -2.22. The van der Waals surface area contributed by atoms with E-state index in [1.54, 1.807) is 24.3 Å². The lowest BCUT2D eigenvalue weighted by molar-refractivity contribution is -0.118. The fourth-order valence-corrected chi connectivity index (χ4v) is 4.02. The quantitative estimate of drug-likeness (QED) is 0.549. The Hall–Kier alpha value is -2.94. The molecule has 1 amide bonds. The molecule has 1 aliphatic heterocycles. The number of hydrogen-bond donors (Lipinski definition) is 2. The molecule has 2 aromatic carbocycles. The van der Waals surface area contributed by atoms with E-state index in [-0.39, 0.29) is 19.1 Å². The van der Waals surface area contributed by atoms with E-state index >= 15 is 0 Å². The Morgan fingerprint density at radius 2 is 1.94 bits per heavy atom. The third kappa shape index (κ3) is 6.10. The van der Waals surface area contributed by atoms with Crippen LogP contribution in [0.15, 0.2) is 42.5 Å². The maximum Gasteiger partial charge on any atom is 0.262 e. The predicted molar refractivity (Wildman–Crippen MR) is 130 cm³/mol. The molecule has 1 aliphatic rings. The van der Waals surface area contributed by atoms with E-state index < -0.39 is 0 Å². The number of carbonyl (C=O) groups is 1. The number of aliphatic hydroxyl groups is 1. The normalized spacial score (nSPS) is 14.8. The van der Waals surface area contributed by atoms with Crippen molar-refractivity contribution in [2.75, 3.05) is 56.2 Å². The molecule has 2 N–H and O–H groups in total. The third-order valence-corrected chi connectivity index (χ3v) is 5.88. The first kappa shape index (κ1) is 23.2. The van der Waals surface area contributed by atoms with Crippen molar-refractivity contribution in [1.82, 2.24) is 14.9 Å². The molecular weight excluding hydrogens is 442 g/mol. The Kier molecular flexibility index (Phi) is 7.59. The van der Waals surface area contributed by atoms with Crippen molar-refractivity contribution in [2.45, 2.75) is 13.3 Å². The van der Waals surface area contributed by atoms with Gasteiger partial charge in [-0.25, -0.2) is 9.97 Å². The van der Waals surface area contributed by atoms with Crippen molar-refractivity contribution in [3.05, 3.63) is 53.2 Å². The summed E-state index contributed by atoms with van der Waals surface area (Å²) >= 11 is 5.86. The zero-order chi connectivity index (χ0) is 23.2. The summed E-state index contributed by atoms with van der Waals surface area (Å²) in [5, 5.41) is 13.6. The molecule has 1 saturated heterocycles. The zero-order valence-corrected chi connectivity index (χ0v) is 19.4. The van der Waals surface area contributed by atoms with E-state index in [4.69, 9.17) is 26.3 Å². The summed E-state index contributed by atoms with van der Waals surface area (Å²) in [6, 6.07) is 12.5. The van der Waals surface area contributed by atoms with Crippen LogP contribution in [0.4, 0.5) is 11.6 Å². The molecule has 0 radical (unpaired) electrons. The molecule has 1 fully saturated rings. The number of amides is 1. The van der Waals surface area contributed by atoms with Gasteiger partial charge >= 0.3 is 0 Å². The van der Waals surface area contributed by atoms with Gasteiger partial charge in [0.25, 0.3) is 5.91 Å². The fraction of sp³-hybridized carbons (Fsp3) is 0.375. The number of aryl methyl sites for hydroxylation is 1. The van der Waals surface area contributed by atoms with Gasteiger partial charge < -0.3 is 20.1 Å². The van der Waals surface area contributed by atoms with E-state index in [1.165, 1.54) is 0 Å². The van der Waals surface area contributed by atoms with Gasteiger partial charge in [-0.05, 0) is 62.4 Å². The molecule has 1 aromatic heterocycles. The minimum Gasteiger partial charge on any atom is -0.484 e. The van der Waals surface area contributed by atoms with Crippen LogP contribution in [0.5, 0.6) is 5.75 Å². The Morgan fingerprint density at radius 3 is 2.73 bits per heavy atom. The fourth-order valence-electron chi connectivity index (χ4n) is 3.90. The number of benzene rings is 2. The second kappa shape index (κ2) is 10.8. The minimum absolute atomic E-state index is 0.101. The average molecular weight is 470 g/mol. The standard InChI is InChI=1S/C24H28ClN5O3/c1-17-21-15-19(27-23(32)16-33-20-6-3-18(25)4-7-20)5-8-22(21)28-24(26-17)30-10-2-9-29(11-12-30)13-14-31/h3-8,15,31H,2,9-14,16H2,1H3,(H,27,32). The highest BCUT2D eigenvalue weighted by molar-refractivity contribution is 6.30. The van der Waals surface area contributed by atoms with Gasteiger partial charge in [0.1, 0.15) is 5.75 Å². The zero-order valence-electron chi connectivity index (χ0n) is 18.6. The topological polar surface area (TPSA) is 90.8 Å². The first-order valence-electron chi connectivity index (χ1n) is 11.1. The number of rotatable bonds is 7. The van der Waals surface area contributed by atoms with Gasteiger partial charge in [0.05, 0.1) is 17.8 Å². The number of hydrogen-bond acceptors (Lipinski definition) is 7. The van der Waals surface area contributed by atoms with Crippen LogP contribution in [0.2, 0.25) is 5.02 Å². The van der Waals surface area contributed by atoms with Crippen molar-refractivity contribution in [3.63, 3.8) is 0 Å². The van der Waals surface area contributed by atoms with Gasteiger partial charge in [0.15, 0.2) is 6.61 Å². The van der Waals surface area contributed by atoms with E-state index in [0.29, 0.717) is 23.0 Å². The summed E-state index contributed by atoms with van der Waals surface area (Å²) < 4.78 is 5.50. The number of nitrogens with one attached hydrogen (secondary N) is 1. The van der Waals surface area contributed by atoms with Gasteiger partial charge in [0, 0.05) is 42.3 Å². The number of aliphatic hydroxyl groups excluding tert-OH is 1. The molecule has 3 aromatic rings. The van der Waals surface area contributed by atoms with Crippen LogP contribution in [0.25, 0.3) is 10.9 Å². The van der Waals surface area contributed by atoms with Gasteiger partial charge in [-0.1, -0.05) is 11.6 Å². The Morgan fingerprint density at radius 1 is 1.12 bits per heavy atom. The second-order valence-electron chi connectivity index (χ2n) is 8.04. The molecule has 0 saturated carbocycles. The smallest absolute Gasteiger partial charge is 0.262 e. The molecule has 4 rings (SSSR count). The number of aromatic nitrogens is 2. The van der Waals surface area contributed by atoms with E-state index in [0.717, 1.165) is 55.1 Å². The largest absolute Gasteiger partial charge is 0.484 e. The highest BCUT2D eigenvalue weighted by Gasteiger charge is 2.18. The van der Waals surface area contributed by atoms with Gasteiger partial charge in [0.2, 0.25) is 5.95 Å². The highest BCUT2D eigenvalue weighted by atomic mass is 35.5. The van der Waals surface area contributed by atoms with Crippen molar-refractivity contribution in [1.29, 1.82) is 0 Å². The summed E-state index contributed by atoms with van der Waals surface area (Å²) in [5.41, 5.74) is 2.37. The summed E-state index contributed by atoms with van der Waals surface area (Å²) in [4.78, 5) is 26.3. The molecule has 2 heterocycles. The molecule has 0 aliphatic carbocycles. The maximum absolute atomic E-state index is 12.3. The summed E-state index contributed by atoms with van der Waals surface area (Å²) in [6.07, 6.45) is 1.00. The Bertz CT molecular complexity index is 1110. The van der Waals surface area contributed by atoms with E-state index in [9.17, 15) is 9.90 Å². The van der Waals surface area contributed by atoms with E-state index in [1.807, 2.05) is 25.1 Å². The summed E-state index contributed by atoms with van der Waals surface area (Å²) in [6.45, 7) is 6.29. The molecule has 8 nitrogen and oxygen atoms in total. The molecular formula is C24H28ClN5O3. The van der Waals surface area contributed by atoms with Crippen LogP contribution in [0, 0.1) is 6.92 Å². The van der Waals surface area contributed by atoms with Crippen LogP contribution >= 0.6 is 11.6 Å². The average Bonchev–Trinajstić information content (AvgIpc) is 3.05. The number of ether oxygens (including phenoxy) is 1. The van der Waals surface area contributed by atoms with Crippen LogP contribution in [0.3, 0.4) is 0 Å². The Labute approximate surface area is 198 Å². The lowest BCUT2D eigenvalue weighted by atomic mass is 10.1.